The number of benzene rings is 1. The molecule has 138 valence electrons. The Labute approximate surface area is 156 Å². The molecule has 0 saturated heterocycles. The Bertz CT molecular complexity index is 576. The Balaban J connectivity index is 2.41. The van der Waals surface area contributed by atoms with E-state index in [1.54, 1.807) is 24.3 Å². The van der Waals surface area contributed by atoms with Gasteiger partial charge in [-0.05, 0) is 43.3 Å². The maximum absolute atomic E-state index is 12.0. The molecule has 3 N–H and O–H groups in total. The maximum Gasteiger partial charge on any atom is 0.251 e. The molecule has 0 spiro atoms. The number of nitrogens with one attached hydrogen (secondary N) is 3. The maximum atomic E-state index is 12.0. The van der Waals surface area contributed by atoms with Crippen LogP contribution in [-0.4, -0.2) is 23.5 Å². The largest absolute Gasteiger partial charge is 0.352 e. The van der Waals surface area contributed by atoms with Crippen LogP contribution in [0, 0.1) is 0 Å². The topological polar surface area (TPSA) is 70.2 Å². The van der Waals surface area contributed by atoms with Crippen LogP contribution in [-0.2, 0) is 4.79 Å². The highest BCUT2D eigenvalue weighted by Gasteiger charge is 2.08. The van der Waals surface area contributed by atoms with Gasteiger partial charge in [-0.3, -0.25) is 9.59 Å². The van der Waals surface area contributed by atoms with E-state index in [1.165, 1.54) is 19.3 Å². The summed E-state index contributed by atoms with van der Waals surface area (Å²) in [5.41, 5.74) is 1.24. The van der Waals surface area contributed by atoms with Crippen molar-refractivity contribution in [2.75, 3.05) is 11.9 Å². The molecule has 25 heavy (non-hydrogen) atoms. The number of carbonyl (C=O) groups is 2. The molecule has 1 aromatic rings. The summed E-state index contributed by atoms with van der Waals surface area (Å²) in [6.45, 7) is 4.81. The molecule has 0 bridgehead atoms. The lowest BCUT2D eigenvalue weighted by Gasteiger charge is -2.11. The summed E-state index contributed by atoms with van der Waals surface area (Å²) in [5.74, 6) is -0.196. The Hall–Kier alpha value is -1.95. The summed E-state index contributed by atoms with van der Waals surface area (Å²) in [5, 5.41) is 8.72. The summed E-state index contributed by atoms with van der Waals surface area (Å²) < 4.78 is 0. The van der Waals surface area contributed by atoms with Gasteiger partial charge < -0.3 is 16.0 Å². The average molecular weight is 364 g/mol. The molecule has 6 heteroatoms. The van der Waals surface area contributed by atoms with Gasteiger partial charge in [0.1, 0.15) is 0 Å². The van der Waals surface area contributed by atoms with Crippen molar-refractivity contribution in [3.63, 3.8) is 0 Å². The Kier molecular flexibility index (Phi) is 10.5. The van der Waals surface area contributed by atoms with Crippen molar-refractivity contribution in [1.82, 2.24) is 10.6 Å². The first-order valence-corrected chi connectivity index (χ1v) is 9.46. The van der Waals surface area contributed by atoms with Crippen LogP contribution in [0.5, 0.6) is 0 Å². The first kappa shape index (κ1) is 21.1. The number of anilines is 1. The van der Waals surface area contributed by atoms with E-state index in [0.29, 0.717) is 24.2 Å². The van der Waals surface area contributed by atoms with E-state index in [9.17, 15) is 9.59 Å². The van der Waals surface area contributed by atoms with Crippen molar-refractivity contribution < 1.29 is 9.59 Å². The molecule has 5 nitrogen and oxygen atoms in total. The predicted octanol–water partition coefficient (Wildman–Crippen LogP) is 4.00. The minimum absolute atomic E-state index is 0.0779. The zero-order valence-electron chi connectivity index (χ0n) is 15.2. The monoisotopic (exact) mass is 363 g/mol. The lowest BCUT2D eigenvalue weighted by atomic mass is 10.1. The van der Waals surface area contributed by atoms with Gasteiger partial charge in [-0.25, -0.2) is 0 Å². The highest BCUT2D eigenvalue weighted by Crippen LogP contribution is 2.11. The van der Waals surface area contributed by atoms with E-state index < -0.39 is 0 Å². The molecule has 0 unspecified atom stereocenters. The van der Waals surface area contributed by atoms with Crippen molar-refractivity contribution >= 4 is 34.8 Å². The second-order valence-corrected chi connectivity index (χ2v) is 6.41. The van der Waals surface area contributed by atoms with E-state index in [2.05, 4.69) is 22.9 Å². The molecule has 0 aromatic heterocycles. The third-order valence-corrected chi connectivity index (χ3v) is 3.88. The normalized spacial score (nSPS) is 10.2. The molecular formula is C19H29N3O2S. The van der Waals surface area contributed by atoms with Gasteiger partial charge in [0.25, 0.3) is 5.91 Å². The summed E-state index contributed by atoms with van der Waals surface area (Å²) in [4.78, 5) is 23.8. The number of rotatable bonds is 10. The van der Waals surface area contributed by atoms with Crippen molar-refractivity contribution in [3.05, 3.63) is 29.8 Å². The van der Waals surface area contributed by atoms with E-state index in [4.69, 9.17) is 12.2 Å². The Morgan fingerprint density at radius 1 is 1.04 bits per heavy atom. The number of hydrogen-bond donors (Lipinski definition) is 3. The van der Waals surface area contributed by atoms with E-state index >= 15 is 0 Å². The van der Waals surface area contributed by atoms with Gasteiger partial charge in [0.2, 0.25) is 5.91 Å². The van der Waals surface area contributed by atoms with Crippen LogP contribution in [0.4, 0.5) is 5.69 Å². The smallest absolute Gasteiger partial charge is 0.251 e. The van der Waals surface area contributed by atoms with Gasteiger partial charge in [0.05, 0.1) is 0 Å². The van der Waals surface area contributed by atoms with Crippen LogP contribution in [0.15, 0.2) is 24.3 Å². The van der Waals surface area contributed by atoms with Crippen molar-refractivity contribution in [3.8, 4) is 0 Å². The molecule has 1 rings (SSSR count). The molecule has 1 aromatic carbocycles. The Morgan fingerprint density at radius 2 is 1.80 bits per heavy atom. The van der Waals surface area contributed by atoms with E-state index in [1.807, 2.05) is 6.92 Å². The fourth-order valence-corrected chi connectivity index (χ4v) is 2.55. The molecule has 2 amide bonds. The first-order valence-electron chi connectivity index (χ1n) is 9.06. The second-order valence-electron chi connectivity index (χ2n) is 6.00. The number of hydrogen-bond acceptors (Lipinski definition) is 3. The standard InChI is InChI=1S/C19H29N3O2S/c1-3-5-6-7-8-12-17(23)22-19(25)21-16-11-9-10-15(14-16)18(24)20-13-4-2/h9-11,14H,3-8,12-13H2,1-2H3,(H,20,24)(H2,21,22,23,25). The molecule has 0 saturated carbocycles. The zero-order chi connectivity index (χ0) is 18.5. The summed E-state index contributed by atoms with van der Waals surface area (Å²) in [6.07, 6.45) is 6.87. The van der Waals surface area contributed by atoms with Crippen LogP contribution < -0.4 is 16.0 Å². The summed E-state index contributed by atoms with van der Waals surface area (Å²) in [6, 6.07) is 7.05. The van der Waals surface area contributed by atoms with Crippen molar-refractivity contribution in [1.29, 1.82) is 0 Å². The van der Waals surface area contributed by atoms with Crippen molar-refractivity contribution in [2.24, 2.45) is 0 Å². The Morgan fingerprint density at radius 3 is 2.52 bits per heavy atom. The summed E-state index contributed by atoms with van der Waals surface area (Å²) >= 11 is 5.17. The van der Waals surface area contributed by atoms with Crippen LogP contribution >= 0.6 is 12.2 Å². The first-order chi connectivity index (χ1) is 12.1. The third kappa shape index (κ3) is 9.19. The molecule has 0 atom stereocenters. The molecule has 0 aliphatic heterocycles. The molecule has 0 aliphatic rings. The molecule has 0 heterocycles. The van der Waals surface area contributed by atoms with Gasteiger partial charge in [-0.1, -0.05) is 45.6 Å². The van der Waals surface area contributed by atoms with E-state index in [0.717, 1.165) is 19.3 Å². The highest BCUT2D eigenvalue weighted by atomic mass is 32.1. The molecular weight excluding hydrogens is 334 g/mol. The van der Waals surface area contributed by atoms with Gasteiger partial charge in [0, 0.05) is 24.2 Å². The number of thiocarbonyl (C=S) groups is 1. The SMILES string of the molecule is CCCCCCCC(=O)NC(=S)Nc1cccc(C(=O)NCCC)c1. The number of carbonyl (C=O) groups excluding carboxylic acids is 2. The number of amides is 2. The lowest BCUT2D eigenvalue weighted by molar-refractivity contribution is -0.119. The minimum Gasteiger partial charge on any atom is -0.352 e. The average Bonchev–Trinajstić information content (AvgIpc) is 2.59. The van der Waals surface area contributed by atoms with Crippen LogP contribution in [0.2, 0.25) is 0 Å². The predicted molar refractivity (Wildman–Crippen MR) is 107 cm³/mol. The van der Waals surface area contributed by atoms with Gasteiger partial charge in [-0.2, -0.15) is 0 Å². The molecule has 0 fully saturated rings. The fourth-order valence-electron chi connectivity index (χ4n) is 2.32. The fraction of sp³-hybridized carbons (Fsp3) is 0.526. The van der Waals surface area contributed by atoms with Gasteiger partial charge >= 0.3 is 0 Å². The summed E-state index contributed by atoms with van der Waals surface area (Å²) in [7, 11) is 0. The second kappa shape index (κ2) is 12.4. The lowest BCUT2D eigenvalue weighted by Crippen LogP contribution is -2.34. The van der Waals surface area contributed by atoms with Crippen molar-refractivity contribution in [2.45, 2.75) is 58.8 Å². The van der Waals surface area contributed by atoms with E-state index in [-0.39, 0.29) is 16.9 Å². The van der Waals surface area contributed by atoms with Gasteiger partial charge in [0.15, 0.2) is 5.11 Å². The van der Waals surface area contributed by atoms with Crippen LogP contribution in [0.25, 0.3) is 0 Å². The van der Waals surface area contributed by atoms with Crippen LogP contribution in [0.3, 0.4) is 0 Å². The van der Waals surface area contributed by atoms with Crippen LogP contribution in [0.1, 0.15) is 69.2 Å². The van der Waals surface area contributed by atoms with Gasteiger partial charge in [-0.15, -0.1) is 0 Å². The highest BCUT2D eigenvalue weighted by molar-refractivity contribution is 7.80. The third-order valence-electron chi connectivity index (χ3n) is 3.68. The quantitative estimate of drug-likeness (QED) is 0.434. The molecule has 0 aliphatic carbocycles. The zero-order valence-corrected chi connectivity index (χ0v) is 16.0. The molecule has 0 radical (unpaired) electrons. The minimum atomic E-state index is -0.118. The number of unbranched alkanes of at least 4 members (excludes halogenated alkanes) is 4.